The third-order valence-corrected chi connectivity index (χ3v) is 6.98. The number of carbonyl (C=O) groups is 1. The van der Waals surface area contributed by atoms with Crippen LogP contribution in [-0.4, -0.2) is 92.0 Å². The molecule has 204 valence electrons. The summed E-state index contributed by atoms with van der Waals surface area (Å²) in [7, 11) is 0. The Morgan fingerprint density at radius 1 is 1.05 bits per heavy atom. The van der Waals surface area contributed by atoms with Gasteiger partial charge in [0.2, 0.25) is 0 Å². The molecule has 8 nitrogen and oxygen atoms in total. The average Bonchev–Trinajstić information content (AvgIpc) is 2.89. The zero-order valence-corrected chi connectivity index (χ0v) is 21.5. The highest BCUT2D eigenvalue weighted by atomic mass is 19.4. The number of nitrogens with one attached hydrogen (secondary N) is 1. The Morgan fingerprint density at radius 3 is 2.42 bits per heavy atom. The van der Waals surface area contributed by atoms with Crippen LogP contribution >= 0.6 is 0 Å². The molecule has 2 aromatic rings. The van der Waals surface area contributed by atoms with Gasteiger partial charge in [-0.2, -0.15) is 5.26 Å². The third-order valence-electron chi connectivity index (χ3n) is 6.98. The van der Waals surface area contributed by atoms with E-state index in [4.69, 9.17) is 0 Å². The Hall–Kier alpha value is -3.49. The van der Waals surface area contributed by atoms with Crippen LogP contribution in [0.3, 0.4) is 0 Å². The van der Waals surface area contributed by atoms with Gasteiger partial charge in [0.1, 0.15) is 11.8 Å². The van der Waals surface area contributed by atoms with Gasteiger partial charge >= 0.3 is 12.4 Å². The van der Waals surface area contributed by atoms with E-state index >= 15 is 0 Å². The van der Waals surface area contributed by atoms with Crippen molar-refractivity contribution in [3.05, 3.63) is 59.7 Å². The van der Waals surface area contributed by atoms with Gasteiger partial charge in [-0.3, -0.25) is 9.80 Å². The molecule has 0 saturated carbocycles. The van der Waals surface area contributed by atoms with Crippen molar-refractivity contribution in [2.24, 2.45) is 0 Å². The number of hydrogen-bond donors (Lipinski definition) is 1. The molecule has 0 aromatic heterocycles. The highest BCUT2D eigenvalue weighted by Gasteiger charge is 2.33. The minimum Gasteiger partial charge on any atom is -0.404 e. The molecule has 0 spiro atoms. The van der Waals surface area contributed by atoms with Gasteiger partial charge in [0.05, 0.1) is 5.56 Å². The van der Waals surface area contributed by atoms with Gasteiger partial charge in [0, 0.05) is 77.2 Å². The van der Waals surface area contributed by atoms with E-state index in [0.717, 1.165) is 45.3 Å². The molecule has 2 aromatic carbocycles. The molecule has 38 heavy (non-hydrogen) atoms. The molecule has 11 heteroatoms. The number of alkyl halides is 3. The predicted octanol–water partition coefficient (Wildman–Crippen LogP) is 3.49. The third kappa shape index (κ3) is 7.52. The van der Waals surface area contributed by atoms with Gasteiger partial charge in [0.25, 0.3) is 0 Å². The zero-order chi connectivity index (χ0) is 27.1. The lowest BCUT2D eigenvalue weighted by atomic mass is 10.1. The SMILES string of the molecule is C[C@@H]1CN(c2ccc(OC(F)(F)F)c(C#N)c2)CCN1C(=O)NCCN1CCN(Cc2ccccc2)CC1. The molecule has 1 atom stereocenters. The maximum Gasteiger partial charge on any atom is 0.573 e. The summed E-state index contributed by atoms with van der Waals surface area (Å²) < 4.78 is 41.7. The molecule has 2 amide bonds. The van der Waals surface area contributed by atoms with Crippen molar-refractivity contribution in [2.75, 3.05) is 63.8 Å². The first-order chi connectivity index (χ1) is 18.2. The quantitative estimate of drug-likeness (QED) is 0.591. The molecule has 0 aliphatic carbocycles. The van der Waals surface area contributed by atoms with Crippen molar-refractivity contribution in [2.45, 2.75) is 25.9 Å². The highest BCUT2D eigenvalue weighted by Crippen LogP contribution is 2.30. The molecule has 2 aliphatic heterocycles. The maximum atomic E-state index is 12.8. The number of ether oxygens (including phenoxy) is 1. The summed E-state index contributed by atoms with van der Waals surface area (Å²) in [6.07, 6.45) is -4.86. The van der Waals surface area contributed by atoms with Gasteiger partial charge in [-0.1, -0.05) is 30.3 Å². The van der Waals surface area contributed by atoms with Crippen molar-refractivity contribution in [3.8, 4) is 11.8 Å². The Kier molecular flexibility index (Phi) is 8.97. The molecule has 2 fully saturated rings. The summed E-state index contributed by atoms with van der Waals surface area (Å²) in [5, 5.41) is 12.3. The maximum absolute atomic E-state index is 12.8. The minimum atomic E-state index is -4.86. The number of piperazine rings is 2. The number of anilines is 1. The lowest BCUT2D eigenvalue weighted by Gasteiger charge is -2.41. The summed E-state index contributed by atoms with van der Waals surface area (Å²) in [5.74, 6) is -0.521. The van der Waals surface area contributed by atoms with Gasteiger partial charge in [0.15, 0.2) is 0 Å². The second-order valence-electron chi connectivity index (χ2n) is 9.66. The van der Waals surface area contributed by atoms with E-state index in [9.17, 15) is 23.2 Å². The number of nitrogens with zero attached hydrogens (tertiary/aromatic N) is 5. The number of hydrogen-bond acceptors (Lipinski definition) is 6. The number of urea groups is 1. The molecule has 2 aliphatic rings. The number of halogens is 3. The molecule has 0 bridgehead atoms. The zero-order valence-electron chi connectivity index (χ0n) is 21.5. The van der Waals surface area contributed by atoms with Crippen molar-refractivity contribution in [1.82, 2.24) is 20.0 Å². The van der Waals surface area contributed by atoms with E-state index in [0.29, 0.717) is 31.9 Å². The van der Waals surface area contributed by atoms with Crippen LogP contribution in [0.25, 0.3) is 0 Å². The number of carbonyl (C=O) groups excluding carboxylic acids is 1. The molecular weight excluding hydrogens is 497 g/mol. The van der Waals surface area contributed by atoms with E-state index in [2.05, 4.69) is 44.1 Å². The van der Waals surface area contributed by atoms with Crippen molar-refractivity contribution >= 4 is 11.7 Å². The largest absolute Gasteiger partial charge is 0.573 e. The van der Waals surface area contributed by atoms with E-state index in [1.165, 1.54) is 17.7 Å². The Labute approximate surface area is 221 Å². The fourth-order valence-corrected chi connectivity index (χ4v) is 4.94. The molecule has 4 rings (SSSR count). The first-order valence-electron chi connectivity index (χ1n) is 12.8. The van der Waals surface area contributed by atoms with Crippen molar-refractivity contribution in [1.29, 1.82) is 5.26 Å². The van der Waals surface area contributed by atoms with Crippen LogP contribution in [-0.2, 0) is 6.54 Å². The molecule has 2 heterocycles. The molecular formula is C27H33F3N6O2. The standard InChI is InChI=1S/C27H33F3N6O2/c1-21-19-35(24-7-8-25(23(17-24)18-31)38-27(28,29)30)15-16-36(21)26(37)32-9-10-33-11-13-34(14-12-33)20-22-5-3-2-4-6-22/h2-8,17,21H,9-16,19-20H2,1H3,(H,32,37)/t21-/m1/s1. The fraction of sp³-hybridized carbons (Fsp3) is 0.481. The molecule has 0 radical (unpaired) electrons. The Balaban J connectivity index is 1.19. The first-order valence-corrected chi connectivity index (χ1v) is 12.8. The van der Waals surface area contributed by atoms with Crippen LogP contribution in [0, 0.1) is 11.3 Å². The molecule has 2 saturated heterocycles. The lowest BCUT2D eigenvalue weighted by Crippen LogP contribution is -2.57. The van der Waals surface area contributed by atoms with E-state index in [1.54, 1.807) is 11.0 Å². The second-order valence-corrected chi connectivity index (χ2v) is 9.66. The lowest BCUT2D eigenvalue weighted by molar-refractivity contribution is -0.274. The summed E-state index contributed by atoms with van der Waals surface area (Å²) in [6.45, 7) is 9.66. The first kappa shape index (κ1) is 27.5. The van der Waals surface area contributed by atoms with Crippen LogP contribution in [0.2, 0.25) is 0 Å². The van der Waals surface area contributed by atoms with Gasteiger partial charge in [-0.05, 0) is 30.7 Å². The number of amides is 2. The fourth-order valence-electron chi connectivity index (χ4n) is 4.94. The smallest absolute Gasteiger partial charge is 0.404 e. The van der Waals surface area contributed by atoms with Crippen LogP contribution in [0.15, 0.2) is 48.5 Å². The van der Waals surface area contributed by atoms with Crippen LogP contribution in [0.5, 0.6) is 5.75 Å². The highest BCUT2D eigenvalue weighted by molar-refractivity contribution is 5.75. The van der Waals surface area contributed by atoms with Crippen LogP contribution in [0.1, 0.15) is 18.1 Å². The summed E-state index contributed by atoms with van der Waals surface area (Å²) in [4.78, 5) is 21.4. The topological polar surface area (TPSA) is 75.1 Å². The van der Waals surface area contributed by atoms with Gasteiger partial charge in [-0.25, -0.2) is 4.79 Å². The summed E-state index contributed by atoms with van der Waals surface area (Å²) in [5.41, 5.74) is 1.75. The van der Waals surface area contributed by atoms with E-state index in [-0.39, 0.29) is 17.6 Å². The molecule has 1 N–H and O–H groups in total. The average molecular weight is 531 g/mol. The van der Waals surface area contributed by atoms with Crippen LogP contribution < -0.4 is 15.0 Å². The molecule has 0 unspecified atom stereocenters. The monoisotopic (exact) mass is 530 g/mol. The Bertz CT molecular complexity index is 1120. The van der Waals surface area contributed by atoms with Crippen LogP contribution in [0.4, 0.5) is 23.7 Å². The van der Waals surface area contributed by atoms with E-state index < -0.39 is 12.1 Å². The Morgan fingerprint density at radius 2 is 1.76 bits per heavy atom. The summed E-state index contributed by atoms with van der Waals surface area (Å²) in [6, 6.07) is 16.0. The summed E-state index contributed by atoms with van der Waals surface area (Å²) >= 11 is 0. The van der Waals surface area contributed by atoms with Gasteiger partial charge in [-0.15, -0.1) is 13.2 Å². The normalized spacial score (nSPS) is 19.2. The minimum absolute atomic E-state index is 0.109. The predicted molar refractivity (Wildman–Crippen MR) is 138 cm³/mol. The number of rotatable bonds is 7. The second kappa shape index (κ2) is 12.4. The number of nitriles is 1. The van der Waals surface area contributed by atoms with Crippen molar-refractivity contribution in [3.63, 3.8) is 0 Å². The van der Waals surface area contributed by atoms with Crippen molar-refractivity contribution < 1.29 is 22.7 Å². The van der Waals surface area contributed by atoms with E-state index in [1.807, 2.05) is 17.9 Å². The number of benzene rings is 2. The van der Waals surface area contributed by atoms with Gasteiger partial charge < -0.3 is 19.9 Å².